The predicted molar refractivity (Wildman–Crippen MR) is 47.1 cm³/mol. The summed E-state index contributed by atoms with van der Waals surface area (Å²) in [4.78, 5) is 0. The summed E-state index contributed by atoms with van der Waals surface area (Å²) in [5.74, 6) is 0. The summed E-state index contributed by atoms with van der Waals surface area (Å²) >= 11 is 0. The van der Waals surface area contributed by atoms with Gasteiger partial charge in [0.1, 0.15) is 12.5 Å². The third kappa shape index (κ3) is 1.87. The van der Waals surface area contributed by atoms with Gasteiger partial charge in [0, 0.05) is 6.54 Å². The van der Waals surface area contributed by atoms with Gasteiger partial charge >= 0.3 is 0 Å². The minimum atomic E-state index is -0.170. The van der Waals surface area contributed by atoms with E-state index in [0.717, 1.165) is 25.8 Å². The first-order chi connectivity index (χ1) is 5.79. The highest BCUT2D eigenvalue weighted by molar-refractivity contribution is 5.55. The Bertz CT molecular complexity index is 160. The summed E-state index contributed by atoms with van der Waals surface area (Å²) in [6.07, 6.45) is 4.04. The summed E-state index contributed by atoms with van der Waals surface area (Å²) in [5, 5.41) is 6.45. The van der Waals surface area contributed by atoms with E-state index in [1.165, 1.54) is 6.34 Å². The van der Waals surface area contributed by atoms with Gasteiger partial charge in [-0.1, -0.05) is 24.7 Å². The molecule has 0 spiro atoms. The second-order valence-corrected chi connectivity index (χ2v) is 2.98. The van der Waals surface area contributed by atoms with Crippen LogP contribution in [-0.2, 0) is 0 Å². The molecule has 0 amide bonds. The molecule has 0 saturated heterocycles. The van der Waals surface area contributed by atoms with Crippen LogP contribution >= 0.6 is 0 Å². The maximum atomic E-state index is 12.9. The van der Waals surface area contributed by atoms with Crippen molar-refractivity contribution >= 4 is 6.34 Å². The normalized spacial score (nSPS) is 22.4. The molecular weight excluding hydrogens is 157 g/mol. The fourth-order valence-electron chi connectivity index (χ4n) is 1.31. The average molecular weight is 173 g/mol. The van der Waals surface area contributed by atoms with Crippen LogP contribution in [0.25, 0.3) is 0 Å². The molecule has 0 N–H and O–H groups in total. The smallest absolute Gasteiger partial charge is 0.149 e. The van der Waals surface area contributed by atoms with Crippen molar-refractivity contribution in [3.8, 4) is 0 Å². The Labute approximate surface area is 72.8 Å². The van der Waals surface area contributed by atoms with Crippen LogP contribution in [0.1, 0.15) is 33.1 Å². The molecule has 4 heteroatoms. The third-order valence-corrected chi connectivity index (χ3v) is 2.04. The molecule has 1 heterocycles. The Balaban J connectivity index is 2.38. The molecular formula is C8H16FN3. The number of hydrogen-bond donors (Lipinski definition) is 0. The zero-order chi connectivity index (χ0) is 8.97. The van der Waals surface area contributed by atoms with Crippen molar-refractivity contribution in [2.75, 3.05) is 6.54 Å². The van der Waals surface area contributed by atoms with Crippen molar-refractivity contribution in [3.05, 3.63) is 0 Å². The Kier molecular flexibility index (Phi) is 3.31. The molecule has 1 rings (SSSR count). The van der Waals surface area contributed by atoms with E-state index in [0.29, 0.717) is 5.12 Å². The van der Waals surface area contributed by atoms with Crippen molar-refractivity contribution in [1.29, 1.82) is 0 Å². The highest BCUT2D eigenvalue weighted by Crippen LogP contribution is 2.16. The quantitative estimate of drug-likeness (QED) is 0.605. The van der Waals surface area contributed by atoms with Crippen LogP contribution in [-0.4, -0.2) is 29.2 Å². The number of hydrogen-bond acceptors (Lipinski definition) is 3. The molecule has 1 aliphatic heterocycles. The molecule has 0 saturated carbocycles. The van der Waals surface area contributed by atoms with Crippen LogP contribution in [0, 0.1) is 0 Å². The van der Waals surface area contributed by atoms with Gasteiger partial charge in [-0.05, 0) is 12.8 Å². The SMILES string of the molecule is CCCCN1N=CN(F)C1CC. The van der Waals surface area contributed by atoms with Crippen molar-refractivity contribution in [1.82, 2.24) is 10.1 Å². The van der Waals surface area contributed by atoms with E-state index < -0.39 is 0 Å². The van der Waals surface area contributed by atoms with Crippen molar-refractivity contribution in [2.45, 2.75) is 39.3 Å². The minimum Gasteiger partial charge on any atom is -0.270 e. The Morgan fingerprint density at radius 1 is 1.50 bits per heavy atom. The molecule has 0 fully saturated rings. The van der Waals surface area contributed by atoms with E-state index in [9.17, 15) is 4.48 Å². The molecule has 0 aromatic heterocycles. The van der Waals surface area contributed by atoms with E-state index in [-0.39, 0.29) is 6.17 Å². The maximum Gasteiger partial charge on any atom is 0.149 e. The predicted octanol–water partition coefficient (Wildman–Crippen LogP) is 1.97. The van der Waals surface area contributed by atoms with Gasteiger partial charge in [0.05, 0.1) is 0 Å². The lowest BCUT2D eigenvalue weighted by molar-refractivity contribution is 0.00250. The largest absolute Gasteiger partial charge is 0.270 e. The molecule has 1 unspecified atom stereocenters. The lowest BCUT2D eigenvalue weighted by atomic mass is 10.3. The molecule has 1 aliphatic rings. The maximum absolute atomic E-state index is 12.9. The number of nitrogens with zero attached hydrogens (tertiary/aromatic N) is 3. The van der Waals surface area contributed by atoms with Gasteiger partial charge in [0.2, 0.25) is 0 Å². The zero-order valence-electron chi connectivity index (χ0n) is 7.70. The van der Waals surface area contributed by atoms with E-state index in [4.69, 9.17) is 0 Å². The van der Waals surface area contributed by atoms with Gasteiger partial charge in [-0.25, -0.2) is 0 Å². The van der Waals surface area contributed by atoms with Gasteiger partial charge in [-0.3, -0.25) is 5.01 Å². The van der Waals surface area contributed by atoms with Crippen LogP contribution in [0.5, 0.6) is 0 Å². The Hall–Kier alpha value is -0.800. The van der Waals surface area contributed by atoms with Crippen LogP contribution in [0.15, 0.2) is 5.10 Å². The van der Waals surface area contributed by atoms with Crippen molar-refractivity contribution < 1.29 is 4.48 Å². The molecule has 0 aromatic rings. The van der Waals surface area contributed by atoms with Gasteiger partial charge in [0.15, 0.2) is 0 Å². The lowest BCUT2D eigenvalue weighted by Gasteiger charge is -2.23. The molecule has 1 atom stereocenters. The van der Waals surface area contributed by atoms with Crippen LogP contribution < -0.4 is 0 Å². The summed E-state index contributed by atoms with van der Waals surface area (Å²) in [7, 11) is 0. The van der Waals surface area contributed by atoms with Crippen LogP contribution in [0.3, 0.4) is 0 Å². The second kappa shape index (κ2) is 4.28. The zero-order valence-corrected chi connectivity index (χ0v) is 7.70. The number of rotatable bonds is 4. The van der Waals surface area contributed by atoms with Gasteiger partial charge < -0.3 is 0 Å². The highest BCUT2D eigenvalue weighted by Gasteiger charge is 2.25. The standard InChI is InChI=1S/C8H16FN3/c1-3-5-6-12-8(4-2)11(9)7-10-12/h7-8H,3-6H2,1-2H3. The molecule has 12 heavy (non-hydrogen) atoms. The topological polar surface area (TPSA) is 18.8 Å². The van der Waals surface area contributed by atoms with Crippen LogP contribution in [0.4, 0.5) is 4.48 Å². The summed E-state index contributed by atoms with van der Waals surface area (Å²) < 4.78 is 12.9. The summed E-state index contributed by atoms with van der Waals surface area (Å²) in [5.41, 5.74) is 0. The van der Waals surface area contributed by atoms with Crippen molar-refractivity contribution in [2.24, 2.45) is 5.10 Å². The van der Waals surface area contributed by atoms with Crippen molar-refractivity contribution in [3.63, 3.8) is 0 Å². The summed E-state index contributed by atoms with van der Waals surface area (Å²) in [6, 6.07) is 0. The molecule has 0 bridgehead atoms. The van der Waals surface area contributed by atoms with E-state index in [1.54, 1.807) is 0 Å². The average Bonchev–Trinajstić information content (AvgIpc) is 2.43. The molecule has 70 valence electrons. The van der Waals surface area contributed by atoms with E-state index >= 15 is 0 Å². The number of hydrazone groups is 1. The number of halogens is 1. The molecule has 0 radical (unpaired) electrons. The van der Waals surface area contributed by atoms with Gasteiger partial charge in [-0.2, -0.15) is 10.2 Å². The van der Waals surface area contributed by atoms with Gasteiger partial charge in [0.25, 0.3) is 0 Å². The Morgan fingerprint density at radius 2 is 2.25 bits per heavy atom. The van der Waals surface area contributed by atoms with Crippen LogP contribution in [0.2, 0.25) is 0 Å². The fraction of sp³-hybridized carbons (Fsp3) is 0.875. The summed E-state index contributed by atoms with van der Waals surface area (Å²) in [6.45, 7) is 4.94. The first-order valence-corrected chi connectivity index (χ1v) is 4.54. The number of unbranched alkanes of at least 4 members (excludes halogenated alkanes) is 1. The molecule has 0 aromatic carbocycles. The highest BCUT2D eigenvalue weighted by atomic mass is 19.2. The van der Waals surface area contributed by atoms with E-state index in [1.807, 2.05) is 11.9 Å². The molecule has 0 aliphatic carbocycles. The fourth-order valence-corrected chi connectivity index (χ4v) is 1.31. The van der Waals surface area contributed by atoms with Gasteiger partial charge in [-0.15, -0.1) is 0 Å². The Morgan fingerprint density at radius 3 is 2.83 bits per heavy atom. The first kappa shape index (κ1) is 9.29. The van der Waals surface area contributed by atoms with E-state index in [2.05, 4.69) is 12.0 Å². The second-order valence-electron chi connectivity index (χ2n) is 2.98. The third-order valence-electron chi connectivity index (χ3n) is 2.04. The minimum absolute atomic E-state index is 0.170. The molecule has 3 nitrogen and oxygen atoms in total. The first-order valence-electron chi connectivity index (χ1n) is 4.54. The lowest BCUT2D eigenvalue weighted by Crippen LogP contribution is -2.35. The monoisotopic (exact) mass is 173 g/mol.